The number of thiazole rings is 1. The molecule has 0 radical (unpaired) electrons. The molecule has 3 aromatic heterocycles. The average Bonchev–Trinajstić information content (AvgIpc) is 3.52. The van der Waals surface area contributed by atoms with Gasteiger partial charge < -0.3 is 15.3 Å². The summed E-state index contributed by atoms with van der Waals surface area (Å²) in [6.45, 7) is 2.57. The maximum absolute atomic E-state index is 14.7. The minimum Gasteiger partial charge on any atom is -0.465 e. The number of hydrogen-bond donors (Lipinski definition) is 3. The fraction of sp³-hybridized carbons (Fsp3) is 0.231. The Hall–Kier alpha value is -4.34. The van der Waals surface area contributed by atoms with Gasteiger partial charge >= 0.3 is 6.09 Å². The van der Waals surface area contributed by atoms with Crippen molar-refractivity contribution in [1.82, 2.24) is 30.5 Å². The van der Waals surface area contributed by atoms with E-state index < -0.39 is 17.4 Å². The third-order valence-corrected chi connectivity index (χ3v) is 8.52. The minimum absolute atomic E-state index is 0.130. The van der Waals surface area contributed by atoms with E-state index in [2.05, 4.69) is 36.5 Å². The highest BCUT2D eigenvalue weighted by molar-refractivity contribution is 7.19. The van der Waals surface area contributed by atoms with Gasteiger partial charge in [-0.2, -0.15) is 15.3 Å². The minimum atomic E-state index is -1.23. The summed E-state index contributed by atoms with van der Waals surface area (Å²) in [4.78, 5) is 27.1. The number of piperidine rings is 1. The number of aromatic nitrogens is 5. The summed E-state index contributed by atoms with van der Waals surface area (Å²) in [6.07, 6.45) is -0.671. The molecule has 5 aromatic rings. The van der Waals surface area contributed by atoms with Crippen molar-refractivity contribution in [2.75, 3.05) is 18.0 Å². The summed E-state index contributed by atoms with van der Waals surface area (Å²) in [5, 5.41) is 31.2. The quantitative estimate of drug-likeness (QED) is 0.265. The van der Waals surface area contributed by atoms with Crippen molar-refractivity contribution < 1.29 is 14.3 Å². The van der Waals surface area contributed by atoms with Crippen LogP contribution in [0, 0.1) is 24.1 Å². The van der Waals surface area contributed by atoms with E-state index in [1.54, 1.807) is 18.2 Å². The highest BCUT2D eigenvalue weighted by Gasteiger charge is 2.40. The first-order valence-electron chi connectivity index (χ1n) is 12.0. The molecule has 0 aliphatic carbocycles. The number of carbonyl (C=O) groups is 1. The van der Waals surface area contributed by atoms with Crippen LogP contribution in [0.3, 0.4) is 0 Å². The molecule has 10 nitrogen and oxygen atoms in total. The number of aromatic amines is 1. The van der Waals surface area contributed by atoms with E-state index in [0.29, 0.717) is 51.9 Å². The van der Waals surface area contributed by atoms with Crippen molar-refractivity contribution in [2.24, 2.45) is 0 Å². The summed E-state index contributed by atoms with van der Waals surface area (Å²) in [6, 6.07) is 12.0. The second kappa shape index (κ2) is 9.44. The molecule has 1 amide bonds. The Morgan fingerprint density at radius 2 is 2.00 bits per heavy atom. The first-order valence-corrected chi connectivity index (χ1v) is 13.2. The lowest BCUT2D eigenvalue weighted by Gasteiger charge is -2.42. The molecule has 0 atom stereocenters. The molecule has 1 aliphatic heterocycles. The number of anilines is 1. The van der Waals surface area contributed by atoms with Gasteiger partial charge in [0.05, 0.1) is 31.2 Å². The molecule has 6 rings (SSSR count). The first-order chi connectivity index (χ1) is 18.8. The molecule has 2 aromatic carbocycles. The Morgan fingerprint density at radius 3 is 2.72 bits per heavy atom. The summed E-state index contributed by atoms with van der Waals surface area (Å²) in [5.74, 6) is -0.175. The monoisotopic (exact) mass is 562 g/mol. The van der Waals surface area contributed by atoms with E-state index >= 15 is 0 Å². The van der Waals surface area contributed by atoms with Gasteiger partial charge in [-0.3, -0.25) is 5.10 Å². The van der Waals surface area contributed by atoms with Crippen molar-refractivity contribution in [3.63, 3.8) is 0 Å². The molecule has 0 saturated carbocycles. The molecule has 39 heavy (non-hydrogen) atoms. The largest absolute Gasteiger partial charge is 0.465 e. The number of H-pyrrole nitrogens is 1. The number of amides is 1. The normalized spacial score (nSPS) is 15.0. The fourth-order valence-corrected chi connectivity index (χ4v) is 6.42. The zero-order valence-corrected chi connectivity index (χ0v) is 22.1. The number of rotatable bonds is 4. The number of fused-ring (bicyclic) bond motifs is 2. The lowest BCUT2D eigenvalue weighted by Crippen LogP contribution is -2.53. The lowest BCUT2D eigenvalue weighted by atomic mass is 9.80. The number of carboxylic acid groups (broad SMARTS) is 1. The summed E-state index contributed by atoms with van der Waals surface area (Å²) in [5.41, 5.74) is 1.60. The number of halogens is 2. The van der Waals surface area contributed by atoms with Crippen molar-refractivity contribution >= 4 is 56.2 Å². The van der Waals surface area contributed by atoms with Crippen LogP contribution in [0.4, 0.5) is 15.1 Å². The van der Waals surface area contributed by atoms with Crippen LogP contribution in [0.15, 0.2) is 36.4 Å². The van der Waals surface area contributed by atoms with Crippen molar-refractivity contribution in [3.8, 4) is 17.3 Å². The van der Waals surface area contributed by atoms with E-state index in [-0.39, 0.29) is 18.5 Å². The Morgan fingerprint density at radius 1 is 1.23 bits per heavy atom. The highest BCUT2D eigenvalue weighted by atomic mass is 35.5. The molecule has 1 fully saturated rings. The van der Waals surface area contributed by atoms with Crippen molar-refractivity contribution in [1.29, 1.82) is 5.26 Å². The molecule has 13 heteroatoms. The molecular formula is C26H20ClFN8O2S. The van der Waals surface area contributed by atoms with Crippen LogP contribution in [0.25, 0.3) is 32.5 Å². The number of aryl methyl sites for hydroxylation is 1. The van der Waals surface area contributed by atoms with E-state index in [1.165, 1.54) is 17.4 Å². The number of benzene rings is 2. The zero-order chi connectivity index (χ0) is 27.3. The van der Waals surface area contributed by atoms with Crippen LogP contribution >= 0.6 is 22.9 Å². The van der Waals surface area contributed by atoms with Crippen LogP contribution in [-0.2, 0) is 5.54 Å². The van der Waals surface area contributed by atoms with Crippen LogP contribution in [-0.4, -0.2) is 49.4 Å². The molecular weight excluding hydrogens is 543 g/mol. The summed E-state index contributed by atoms with van der Waals surface area (Å²) >= 11 is 8.21. The number of nitrogens with zero attached hydrogens (tertiary/aromatic N) is 6. The van der Waals surface area contributed by atoms with Gasteiger partial charge in [-0.15, -0.1) is 11.3 Å². The Labute approximate surface area is 230 Å². The second-order valence-corrected chi connectivity index (χ2v) is 10.8. The SMILES string of the molecule is Cc1nc2ccc(-c3n[nH]c4nc(N5CCC(NC(=O)O)(c6ccccc6F)CC5)nc(C#N)c34)c(Cl)c2s1. The number of nitriles is 1. The second-order valence-electron chi connectivity index (χ2n) is 9.27. The summed E-state index contributed by atoms with van der Waals surface area (Å²) < 4.78 is 15.5. The van der Waals surface area contributed by atoms with Gasteiger partial charge in [-0.05, 0) is 38.0 Å². The molecule has 0 unspecified atom stereocenters. The van der Waals surface area contributed by atoms with Crippen molar-refractivity contribution in [3.05, 3.63) is 63.5 Å². The molecule has 196 valence electrons. The van der Waals surface area contributed by atoms with E-state index in [9.17, 15) is 19.6 Å². The average molecular weight is 563 g/mol. The fourth-order valence-electron chi connectivity index (χ4n) is 5.19. The van der Waals surface area contributed by atoms with Gasteiger partial charge in [0, 0.05) is 24.2 Å². The molecule has 0 spiro atoms. The highest BCUT2D eigenvalue weighted by Crippen LogP contribution is 2.40. The van der Waals surface area contributed by atoms with E-state index in [0.717, 1.165) is 15.2 Å². The van der Waals surface area contributed by atoms with Gasteiger partial charge in [0.15, 0.2) is 11.3 Å². The maximum atomic E-state index is 14.7. The Bertz CT molecular complexity index is 1810. The smallest absolute Gasteiger partial charge is 0.405 e. The van der Waals surface area contributed by atoms with Gasteiger partial charge in [0.2, 0.25) is 5.95 Å². The van der Waals surface area contributed by atoms with Gasteiger partial charge in [-0.25, -0.2) is 19.2 Å². The zero-order valence-electron chi connectivity index (χ0n) is 20.5. The number of hydrogen-bond acceptors (Lipinski definition) is 8. The molecule has 1 aliphatic rings. The topological polar surface area (TPSA) is 144 Å². The summed E-state index contributed by atoms with van der Waals surface area (Å²) in [7, 11) is 0. The predicted octanol–water partition coefficient (Wildman–Crippen LogP) is 5.37. The van der Waals surface area contributed by atoms with Crippen LogP contribution < -0.4 is 10.2 Å². The maximum Gasteiger partial charge on any atom is 0.405 e. The first kappa shape index (κ1) is 25.0. The standard InChI is InChI=1S/C26H20ClFN8O2S/c1-13-30-17-7-6-14(20(27)22(17)39-13)21-19-18(12-29)31-24(32-23(19)35-34-21)36-10-8-26(9-11-36,33-25(37)38)15-4-2-3-5-16(15)28/h2-7,33H,8-11H2,1H3,(H,37,38)(H,31,32,34,35). The third-order valence-electron chi connectivity index (χ3n) is 7.01. The van der Waals surface area contributed by atoms with Crippen molar-refractivity contribution in [2.45, 2.75) is 25.3 Å². The van der Waals surface area contributed by atoms with Crippen LogP contribution in [0.2, 0.25) is 5.02 Å². The molecule has 0 bridgehead atoms. The predicted molar refractivity (Wildman–Crippen MR) is 145 cm³/mol. The Kier molecular flexibility index (Phi) is 6.05. The molecule has 4 heterocycles. The Balaban J connectivity index is 1.35. The van der Waals surface area contributed by atoms with Crippen LogP contribution in [0.5, 0.6) is 0 Å². The van der Waals surface area contributed by atoms with Gasteiger partial charge in [0.1, 0.15) is 17.6 Å². The van der Waals surface area contributed by atoms with Gasteiger partial charge in [-0.1, -0.05) is 29.8 Å². The van der Waals surface area contributed by atoms with E-state index in [4.69, 9.17) is 11.6 Å². The van der Waals surface area contributed by atoms with E-state index in [1.807, 2.05) is 24.0 Å². The third kappa shape index (κ3) is 4.20. The van der Waals surface area contributed by atoms with Crippen LogP contribution in [0.1, 0.15) is 29.1 Å². The molecule has 3 N–H and O–H groups in total. The molecule has 1 saturated heterocycles. The van der Waals surface area contributed by atoms with Gasteiger partial charge in [0.25, 0.3) is 0 Å². The number of nitrogens with one attached hydrogen (secondary N) is 2. The lowest BCUT2D eigenvalue weighted by molar-refractivity contribution is 0.166.